The first-order valence-electron chi connectivity index (χ1n) is 13.4. The average molecular weight is 521 g/mol. The third-order valence-electron chi connectivity index (χ3n) is 8.11. The van der Waals surface area contributed by atoms with Gasteiger partial charge < -0.3 is 14.6 Å². The van der Waals surface area contributed by atoms with E-state index in [0.717, 1.165) is 47.3 Å². The molecule has 0 saturated carbocycles. The van der Waals surface area contributed by atoms with E-state index in [-0.39, 0.29) is 29.1 Å². The van der Waals surface area contributed by atoms with Crippen molar-refractivity contribution in [2.24, 2.45) is 0 Å². The van der Waals surface area contributed by atoms with Crippen LogP contribution in [0.3, 0.4) is 0 Å². The SMILES string of the molecule is Cc1cc2[nH]c(=O)c3nnc(C4CCOCC4)n3c2cc1C(=O)N1CCc2ccccc2C1c1ccncc1. The lowest BCUT2D eigenvalue weighted by atomic mass is 9.88. The maximum Gasteiger partial charge on any atom is 0.294 e. The van der Waals surface area contributed by atoms with Crippen LogP contribution in [0.4, 0.5) is 0 Å². The molecule has 1 fully saturated rings. The molecule has 9 heteroatoms. The van der Waals surface area contributed by atoms with Crippen LogP contribution in [0.5, 0.6) is 0 Å². The number of pyridine rings is 1. The van der Waals surface area contributed by atoms with Gasteiger partial charge in [-0.05, 0) is 72.7 Å². The molecule has 2 aliphatic heterocycles. The Kier molecular flexibility index (Phi) is 5.73. The lowest BCUT2D eigenvalue weighted by molar-refractivity contribution is 0.0694. The summed E-state index contributed by atoms with van der Waals surface area (Å²) in [5, 5.41) is 8.66. The highest BCUT2D eigenvalue weighted by atomic mass is 16.5. The molecule has 0 aliphatic carbocycles. The molecule has 2 aliphatic rings. The molecule has 1 atom stereocenters. The molecule has 9 nitrogen and oxygen atoms in total. The third-order valence-corrected chi connectivity index (χ3v) is 8.11. The van der Waals surface area contributed by atoms with Crippen molar-refractivity contribution in [2.75, 3.05) is 19.8 Å². The van der Waals surface area contributed by atoms with Gasteiger partial charge in [0.05, 0.1) is 17.1 Å². The Labute approximate surface area is 224 Å². The number of fused-ring (bicyclic) bond motifs is 4. The van der Waals surface area contributed by atoms with E-state index in [9.17, 15) is 9.59 Å². The molecule has 5 heterocycles. The van der Waals surface area contributed by atoms with Gasteiger partial charge in [0.25, 0.3) is 11.5 Å². The van der Waals surface area contributed by atoms with E-state index >= 15 is 0 Å². The zero-order valence-electron chi connectivity index (χ0n) is 21.6. The summed E-state index contributed by atoms with van der Waals surface area (Å²) in [5.74, 6) is 0.827. The maximum absolute atomic E-state index is 14.4. The number of aromatic nitrogens is 5. The molecule has 7 rings (SSSR count). The first-order valence-corrected chi connectivity index (χ1v) is 13.4. The van der Waals surface area contributed by atoms with Gasteiger partial charge in [-0.3, -0.25) is 19.0 Å². The number of nitrogens with zero attached hydrogens (tertiary/aromatic N) is 5. The molecule has 0 radical (unpaired) electrons. The summed E-state index contributed by atoms with van der Waals surface area (Å²) in [4.78, 5) is 36.4. The Hall–Kier alpha value is -4.37. The van der Waals surface area contributed by atoms with Crippen molar-refractivity contribution < 1.29 is 9.53 Å². The summed E-state index contributed by atoms with van der Waals surface area (Å²) >= 11 is 0. The van der Waals surface area contributed by atoms with E-state index in [1.165, 1.54) is 5.56 Å². The Morgan fingerprint density at radius 1 is 1.05 bits per heavy atom. The number of carbonyl (C=O) groups is 1. The average Bonchev–Trinajstić information content (AvgIpc) is 3.43. The van der Waals surface area contributed by atoms with Gasteiger partial charge in [0.1, 0.15) is 5.82 Å². The molecule has 1 unspecified atom stereocenters. The van der Waals surface area contributed by atoms with Crippen LogP contribution in [-0.2, 0) is 11.2 Å². The van der Waals surface area contributed by atoms with Gasteiger partial charge in [0.2, 0.25) is 5.65 Å². The fraction of sp³-hybridized carbons (Fsp3) is 0.300. The lowest BCUT2D eigenvalue weighted by Gasteiger charge is -2.38. The maximum atomic E-state index is 14.4. The summed E-state index contributed by atoms with van der Waals surface area (Å²) in [7, 11) is 0. The Balaban J connectivity index is 1.38. The van der Waals surface area contributed by atoms with Gasteiger partial charge in [0, 0.05) is 43.6 Å². The Morgan fingerprint density at radius 3 is 2.67 bits per heavy atom. The number of carbonyl (C=O) groups excluding carboxylic acids is 1. The Morgan fingerprint density at radius 2 is 1.85 bits per heavy atom. The van der Waals surface area contributed by atoms with Crippen molar-refractivity contribution in [2.45, 2.75) is 38.1 Å². The van der Waals surface area contributed by atoms with Crippen molar-refractivity contribution >= 4 is 22.6 Å². The number of aryl methyl sites for hydroxylation is 1. The monoisotopic (exact) mass is 520 g/mol. The minimum Gasteiger partial charge on any atom is -0.381 e. The standard InChI is InChI=1S/C30H28N6O3/c1-18-16-24-25(36-27(21-9-14-39-15-10-21)33-34-28(36)29(37)32-24)17-23(18)30(38)35-13-8-19-4-2-3-5-22(19)26(35)20-6-11-31-12-7-20/h2-7,11-12,16-17,21,26H,8-10,13-15H2,1H3,(H,32,37). The molecule has 39 heavy (non-hydrogen) atoms. The van der Waals surface area contributed by atoms with E-state index in [0.29, 0.717) is 30.8 Å². The number of amides is 1. The van der Waals surface area contributed by atoms with Crippen LogP contribution < -0.4 is 5.56 Å². The first kappa shape index (κ1) is 23.7. The topological polar surface area (TPSA) is 105 Å². The molecule has 1 saturated heterocycles. The minimum absolute atomic E-state index is 0.0502. The van der Waals surface area contributed by atoms with Gasteiger partial charge in [0.15, 0.2) is 0 Å². The minimum atomic E-state index is -0.294. The molecule has 2 aromatic carbocycles. The first-order chi connectivity index (χ1) is 19.1. The molecule has 0 bridgehead atoms. The second-order valence-corrected chi connectivity index (χ2v) is 10.4. The fourth-order valence-corrected chi connectivity index (χ4v) is 6.14. The molecule has 1 N–H and O–H groups in total. The van der Waals surface area contributed by atoms with Crippen molar-refractivity contribution in [3.8, 4) is 0 Å². The van der Waals surface area contributed by atoms with Crippen molar-refractivity contribution in [3.05, 3.63) is 105 Å². The summed E-state index contributed by atoms with van der Waals surface area (Å²) in [6, 6.07) is 15.8. The van der Waals surface area contributed by atoms with Crippen LogP contribution >= 0.6 is 0 Å². The number of hydrogen-bond acceptors (Lipinski definition) is 6. The fourth-order valence-electron chi connectivity index (χ4n) is 6.14. The zero-order chi connectivity index (χ0) is 26.5. The second kappa shape index (κ2) is 9.43. The van der Waals surface area contributed by atoms with E-state index < -0.39 is 0 Å². The van der Waals surface area contributed by atoms with Gasteiger partial charge in [-0.15, -0.1) is 10.2 Å². The van der Waals surface area contributed by atoms with Crippen LogP contribution in [0.2, 0.25) is 0 Å². The molecule has 3 aromatic heterocycles. The van der Waals surface area contributed by atoms with Gasteiger partial charge in [-0.2, -0.15) is 0 Å². The molecule has 1 amide bonds. The van der Waals surface area contributed by atoms with E-state index in [4.69, 9.17) is 4.74 Å². The van der Waals surface area contributed by atoms with Gasteiger partial charge >= 0.3 is 0 Å². The molecular weight excluding hydrogens is 492 g/mol. The van der Waals surface area contributed by atoms with Crippen LogP contribution in [0.15, 0.2) is 65.7 Å². The number of rotatable bonds is 3. The second-order valence-electron chi connectivity index (χ2n) is 10.4. The van der Waals surface area contributed by atoms with E-state index in [2.05, 4.69) is 38.4 Å². The largest absolute Gasteiger partial charge is 0.381 e. The van der Waals surface area contributed by atoms with Crippen molar-refractivity contribution in [1.29, 1.82) is 0 Å². The van der Waals surface area contributed by atoms with E-state index in [1.807, 2.05) is 46.6 Å². The molecule has 196 valence electrons. The van der Waals surface area contributed by atoms with Crippen molar-refractivity contribution in [3.63, 3.8) is 0 Å². The number of hydrogen-bond donors (Lipinski definition) is 1. The smallest absolute Gasteiger partial charge is 0.294 e. The highest BCUT2D eigenvalue weighted by Crippen LogP contribution is 2.37. The number of nitrogens with one attached hydrogen (secondary N) is 1. The van der Waals surface area contributed by atoms with E-state index in [1.54, 1.807) is 12.4 Å². The predicted octanol–water partition coefficient (Wildman–Crippen LogP) is 3.96. The molecule has 0 spiro atoms. The van der Waals surface area contributed by atoms with Crippen LogP contribution in [0.25, 0.3) is 16.7 Å². The predicted molar refractivity (Wildman–Crippen MR) is 146 cm³/mol. The van der Waals surface area contributed by atoms with Crippen LogP contribution in [-0.4, -0.2) is 55.1 Å². The highest BCUT2D eigenvalue weighted by molar-refractivity contribution is 5.99. The summed E-state index contributed by atoms with van der Waals surface area (Å²) in [6.07, 6.45) is 5.95. The molecular formula is C30H28N6O3. The van der Waals surface area contributed by atoms with Crippen LogP contribution in [0, 0.1) is 6.92 Å². The molecule has 5 aromatic rings. The third kappa shape index (κ3) is 3.92. The number of benzene rings is 2. The zero-order valence-corrected chi connectivity index (χ0v) is 21.6. The van der Waals surface area contributed by atoms with Crippen molar-refractivity contribution in [1.82, 2.24) is 29.5 Å². The quantitative estimate of drug-likeness (QED) is 0.386. The Bertz CT molecular complexity index is 1770. The lowest BCUT2D eigenvalue weighted by Crippen LogP contribution is -2.41. The highest BCUT2D eigenvalue weighted by Gasteiger charge is 2.33. The summed E-state index contributed by atoms with van der Waals surface area (Å²) < 4.78 is 7.39. The van der Waals surface area contributed by atoms with Gasteiger partial charge in [-0.25, -0.2) is 0 Å². The van der Waals surface area contributed by atoms with Gasteiger partial charge in [-0.1, -0.05) is 24.3 Å². The number of ether oxygens (including phenoxy) is 1. The number of H-pyrrole nitrogens is 1. The van der Waals surface area contributed by atoms with Crippen LogP contribution in [0.1, 0.15) is 63.2 Å². The summed E-state index contributed by atoms with van der Waals surface area (Å²) in [5.41, 5.74) is 6.14. The number of aromatic amines is 1. The summed E-state index contributed by atoms with van der Waals surface area (Å²) in [6.45, 7) is 3.81. The normalized spacial score (nSPS) is 18.0.